The van der Waals surface area contributed by atoms with Crippen molar-refractivity contribution in [3.63, 3.8) is 0 Å². The zero-order valence-corrected chi connectivity index (χ0v) is 18.0. The Kier molecular flexibility index (Phi) is 6.15. The number of alkyl halides is 3. The summed E-state index contributed by atoms with van der Waals surface area (Å²) < 4.78 is 40.0. The molecule has 0 spiro atoms. The SMILES string of the molecule is NC(=O)CNC(=O)c1cccc(-c2cccc3nc(Cc4cccc(C(F)(F)F)c4)sc23)c1. The van der Waals surface area contributed by atoms with E-state index < -0.39 is 23.6 Å². The van der Waals surface area contributed by atoms with Gasteiger partial charge >= 0.3 is 6.18 Å². The van der Waals surface area contributed by atoms with Crippen LogP contribution in [-0.4, -0.2) is 23.3 Å². The molecule has 0 aliphatic rings. The molecule has 0 fully saturated rings. The quantitative estimate of drug-likeness (QED) is 0.426. The fraction of sp³-hybridized carbons (Fsp3) is 0.125. The number of fused-ring (bicyclic) bond motifs is 1. The first-order chi connectivity index (χ1) is 15.7. The van der Waals surface area contributed by atoms with Crippen LogP contribution >= 0.6 is 11.3 Å². The van der Waals surface area contributed by atoms with E-state index in [0.29, 0.717) is 16.1 Å². The van der Waals surface area contributed by atoms with Gasteiger partial charge in [-0.25, -0.2) is 4.98 Å². The van der Waals surface area contributed by atoms with Crippen LogP contribution < -0.4 is 11.1 Å². The molecular formula is C24H18F3N3O2S. The molecule has 1 heterocycles. The molecule has 168 valence electrons. The summed E-state index contributed by atoms with van der Waals surface area (Å²) in [6.07, 6.45) is -4.12. The van der Waals surface area contributed by atoms with Crippen LogP contribution in [0.2, 0.25) is 0 Å². The second-order valence-electron chi connectivity index (χ2n) is 7.37. The summed E-state index contributed by atoms with van der Waals surface area (Å²) in [6.45, 7) is -0.258. The molecule has 3 N–H and O–H groups in total. The third-order valence-corrected chi connectivity index (χ3v) is 6.03. The lowest BCUT2D eigenvalue weighted by Crippen LogP contribution is -2.33. The Balaban J connectivity index is 1.64. The standard InChI is InChI=1S/C24H18F3N3O2S/c25-24(26,27)17-7-1-4-14(10-17)11-21-30-19-9-3-8-18(22(19)33-21)15-5-2-6-16(12-15)23(32)29-13-20(28)31/h1-10,12H,11,13H2,(H2,28,31)(H,29,32). The summed E-state index contributed by atoms with van der Waals surface area (Å²) in [7, 11) is 0. The Morgan fingerprint density at radius 3 is 2.52 bits per heavy atom. The van der Waals surface area contributed by atoms with Crippen LogP contribution in [-0.2, 0) is 17.4 Å². The van der Waals surface area contributed by atoms with E-state index in [-0.39, 0.29) is 13.0 Å². The van der Waals surface area contributed by atoms with Gasteiger partial charge in [-0.1, -0.05) is 42.5 Å². The van der Waals surface area contributed by atoms with Crippen LogP contribution in [0.15, 0.2) is 66.7 Å². The van der Waals surface area contributed by atoms with E-state index in [0.717, 1.165) is 33.5 Å². The monoisotopic (exact) mass is 469 g/mol. The number of thiazole rings is 1. The van der Waals surface area contributed by atoms with Gasteiger partial charge in [0.25, 0.3) is 5.91 Å². The van der Waals surface area contributed by atoms with Crippen molar-refractivity contribution in [2.45, 2.75) is 12.6 Å². The highest BCUT2D eigenvalue weighted by atomic mass is 32.1. The van der Waals surface area contributed by atoms with Crippen LogP contribution in [0, 0.1) is 0 Å². The van der Waals surface area contributed by atoms with Gasteiger partial charge in [0.2, 0.25) is 5.91 Å². The number of amides is 2. The molecule has 0 saturated carbocycles. The zero-order chi connectivity index (χ0) is 23.6. The summed E-state index contributed by atoms with van der Waals surface area (Å²) in [5.74, 6) is -1.06. The van der Waals surface area contributed by atoms with Gasteiger partial charge in [0.15, 0.2) is 0 Å². The Labute approximate surface area is 191 Å². The Morgan fingerprint density at radius 2 is 1.76 bits per heavy atom. The summed E-state index contributed by atoms with van der Waals surface area (Å²) >= 11 is 1.40. The maximum absolute atomic E-state index is 13.0. The van der Waals surface area contributed by atoms with Crippen LogP contribution in [0.25, 0.3) is 21.3 Å². The number of benzene rings is 3. The van der Waals surface area contributed by atoms with Crippen molar-refractivity contribution >= 4 is 33.4 Å². The second-order valence-corrected chi connectivity index (χ2v) is 8.45. The number of nitrogens with zero attached hydrogens (tertiary/aromatic N) is 1. The van der Waals surface area contributed by atoms with Crippen molar-refractivity contribution < 1.29 is 22.8 Å². The van der Waals surface area contributed by atoms with Crippen LogP contribution in [0.1, 0.15) is 26.5 Å². The van der Waals surface area contributed by atoms with Crippen molar-refractivity contribution in [2.24, 2.45) is 5.73 Å². The molecule has 0 bridgehead atoms. The second kappa shape index (κ2) is 9.03. The van der Waals surface area contributed by atoms with E-state index >= 15 is 0 Å². The molecule has 0 radical (unpaired) electrons. The molecule has 4 rings (SSSR count). The Morgan fingerprint density at radius 1 is 1.00 bits per heavy atom. The highest BCUT2D eigenvalue weighted by Crippen LogP contribution is 2.35. The topological polar surface area (TPSA) is 85.1 Å². The smallest absolute Gasteiger partial charge is 0.368 e. The van der Waals surface area contributed by atoms with Gasteiger partial charge < -0.3 is 11.1 Å². The van der Waals surface area contributed by atoms with Crippen LogP contribution in [0.5, 0.6) is 0 Å². The fourth-order valence-electron chi connectivity index (χ4n) is 3.43. The predicted molar refractivity (Wildman–Crippen MR) is 121 cm³/mol. The molecule has 3 aromatic carbocycles. The number of rotatable bonds is 6. The number of hydrogen-bond donors (Lipinski definition) is 2. The molecule has 9 heteroatoms. The molecule has 0 aliphatic carbocycles. The molecule has 0 unspecified atom stereocenters. The number of halogens is 3. The van der Waals surface area contributed by atoms with Gasteiger partial charge in [-0.2, -0.15) is 13.2 Å². The summed E-state index contributed by atoms with van der Waals surface area (Å²) in [6, 6.07) is 17.7. The summed E-state index contributed by atoms with van der Waals surface area (Å²) in [4.78, 5) is 27.8. The van der Waals surface area contributed by atoms with E-state index in [4.69, 9.17) is 5.73 Å². The molecule has 2 amide bonds. The van der Waals surface area contributed by atoms with E-state index in [1.807, 2.05) is 24.3 Å². The zero-order valence-electron chi connectivity index (χ0n) is 17.1. The molecule has 33 heavy (non-hydrogen) atoms. The van der Waals surface area contributed by atoms with E-state index in [2.05, 4.69) is 10.3 Å². The van der Waals surface area contributed by atoms with Gasteiger partial charge in [-0.15, -0.1) is 11.3 Å². The van der Waals surface area contributed by atoms with Gasteiger partial charge in [0, 0.05) is 17.5 Å². The minimum absolute atomic E-state index is 0.258. The average molecular weight is 469 g/mol. The van der Waals surface area contributed by atoms with Gasteiger partial charge in [0.05, 0.1) is 27.3 Å². The van der Waals surface area contributed by atoms with E-state index in [1.54, 1.807) is 24.3 Å². The normalized spacial score (nSPS) is 11.5. The Hall–Kier alpha value is -3.72. The number of nitrogens with one attached hydrogen (secondary N) is 1. The number of nitrogens with two attached hydrogens (primary N) is 1. The predicted octanol–water partition coefficient (Wildman–Crippen LogP) is 4.79. The summed E-state index contributed by atoms with van der Waals surface area (Å²) in [5.41, 5.74) is 7.64. The first kappa shape index (κ1) is 22.5. The van der Waals surface area contributed by atoms with Crippen molar-refractivity contribution in [1.82, 2.24) is 10.3 Å². The number of primary amides is 1. The highest BCUT2D eigenvalue weighted by Gasteiger charge is 2.30. The molecule has 0 aliphatic heterocycles. The Bertz CT molecular complexity index is 1350. The minimum atomic E-state index is -4.40. The maximum atomic E-state index is 13.0. The number of hydrogen-bond acceptors (Lipinski definition) is 4. The molecule has 4 aromatic rings. The number of carbonyl (C=O) groups is 2. The molecule has 1 aromatic heterocycles. The highest BCUT2D eigenvalue weighted by molar-refractivity contribution is 7.19. The van der Waals surface area contributed by atoms with Crippen molar-refractivity contribution in [2.75, 3.05) is 6.54 Å². The van der Waals surface area contributed by atoms with E-state index in [9.17, 15) is 22.8 Å². The lowest BCUT2D eigenvalue weighted by Gasteiger charge is -2.07. The van der Waals surface area contributed by atoms with Crippen LogP contribution in [0.4, 0.5) is 13.2 Å². The van der Waals surface area contributed by atoms with Crippen LogP contribution in [0.3, 0.4) is 0 Å². The van der Waals surface area contributed by atoms with Crippen molar-refractivity contribution in [3.05, 3.63) is 88.4 Å². The van der Waals surface area contributed by atoms with Gasteiger partial charge in [-0.3, -0.25) is 9.59 Å². The number of carbonyl (C=O) groups excluding carboxylic acids is 2. The van der Waals surface area contributed by atoms with Crippen molar-refractivity contribution in [1.29, 1.82) is 0 Å². The first-order valence-corrected chi connectivity index (χ1v) is 10.7. The maximum Gasteiger partial charge on any atom is 0.416 e. The summed E-state index contributed by atoms with van der Waals surface area (Å²) in [5, 5.41) is 3.14. The first-order valence-electron chi connectivity index (χ1n) is 9.92. The lowest BCUT2D eigenvalue weighted by molar-refractivity contribution is -0.137. The molecule has 0 saturated heterocycles. The average Bonchev–Trinajstić information content (AvgIpc) is 3.19. The lowest BCUT2D eigenvalue weighted by atomic mass is 10.0. The molecule has 5 nitrogen and oxygen atoms in total. The molecular weight excluding hydrogens is 451 g/mol. The minimum Gasteiger partial charge on any atom is -0.368 e. The van der Waals surface area contributed by atoms with Crippen molar-refractivity contribution in [3.8, 4) is 11.1 Å². The third kappa shape index (κ3) is 5.20. The molecule has 0 atom stereocenters. The fourth-order valence-corrected chi connectivity index (χ4v) is 4.56. The third-order valence-electron chi connectivity index (χ3n) is 4.93. The number of aromatic nitrogens is 1. The largest absolute Gasteiger partial charge is 0.416 e. The van der Waals surface area contributed by atoms with E-state index in [1.165, 1.54) is 17.4 Å². The van der Waals surface area contributed by atoms with Gasteiger partial charge in [-0.05, 0) is 35.4 Å². The van der Waals surface area contributed by atoms with Gasteiger partial charge in [0.1, 0.15) is 0 Å².